The van der Waals surface area contributed by atoms with Crippen LogP contribution >= 0.6 is 0 Å². The summed E-state index contributed by atoms with van der Waals surface area (Å²) in [5.74, 6) is 1.14. The van der Waals surface area contributed by atoms with Gasteiger partial charge in [0.15, 0.2) is 0 Å². The van der Waals surface area contributed by atoms with E-state index < -0.39 is 6.04 Å². The van der Waals surface area contributed by atoms with Gasteiger partial charge in [-0.25, -0.2) is 9.37 Å². The average molecular weight is 475 g/mol. The quantitative estimate of drug-likeness (QED) is 0.456. The lowest BCUT2D eigenvalue weighted by atomic mass is 9.96. The summed E-state index contributed by atoms with van der Waals surface area (Å²) in [7, 11) is 0. The first-order valence-corrected chi connectivity index (χ1v) is 11.6. The van der Waals surface area contributed by atoms with E-state index >= 15 is 0 Å². The second-order valence-corrected chi connectivity index (χ2v) is 8.72. The lowest BCUT2D eigenvalue weighted by Gasteiger charge is -2.40. The van der Waals surface area contributed by atoms with Crippen LogP contribution < -0.4 is 10.5 Å². The molecule has 0 saturated carbocycles. The number of aromatic nitrogens is 2. The van der Waals surface area contributed by atoms with Gasteiger partial charge in [0.1, 0.15) is 23.1 Å². The van der Waals surface area contributed by atoms with Crippen molar-refractivity contribution in [3.63, 3.8) is 0 Å². The van der Waals surface area contributed by atoms with Crippen molar-refractivity contribution in [1.29, 1.82) is 0 Å². The minimum absolute atomic E-state index is 0.0651. The summed E-state index contributed by atoms with van der Waals surface area (Å²) < 4.78 is 20.8. The minimum atomic E-state index is -0.530. The van der Waals surface area contributed by atoms with E-state index in [1.807, 2.05) is 24.3 Å². The van der Waals surface area contributed by atoms with E-state index in [4.69, 9.17) is 4.42 Å². The van der Waals surface area contributed by atoms with Crippen molar-refractivity contribution in [1.82, 2.24) is 14.5 Å². The Kier molecular flexibility index (Phi) is 6.37. The Hall–Kier alpha value is -3.91. The maximum absolute atomic E-state index is 13.8. The Morgan fingerprint density at radius 3 is 2.49 bits per heavy atom. The van der Waals surface area contributed by atoms with Gasteiger partial charge >= 0.3 is 0 Å². The highest BCUT2D eigenvalue weighted by Crippen LogP contribution is 2.34. The first kappa shape index (κ1) is 22.9. The lowest BCUT2D eigenvalue weighted by molar-refractivity contribution is 0.207. The number of nitrogens with zero attached hydrogens (tertiary/aromatic N) is 4. The van der Waals surface area contributed by atoms with Crippen LogP contribution in [-0.2, 0) is 6.54 Å². The van der Waals surface area contributed by atoms with Gasteiger partial charge in [0.2, 0.25) is 0 Å². The number of aromatic hydroxyl groups is 1. The maximum Gasteiger partial charge on any atom is 0.260 e. The van der Waals surface area contributed by atoms with Gasteiger partial charge in [0.05, 0.1) is 24.4 Å². The molecule has 5 rings (SSSR count). The molecule has 0 bridgehead atoms. The summed E-state index contributed by atoms with van der Waals surface area (Å²) in [6.45, 7) is 4.75. The number of hydrogen-bond acceptors (Lipinski definition) is 6. The zero-order chi connectivity index (χ0) is 24.4. The molecule has 0 radical (unpaired) electrons. The summed E-state index contributed by atoms with van der Waals surface area (Å²) in [6.07, 6.45) is 3.34. The van der Waals surface area contributed by atoms with Gasteiger partial charge in [-0.2, -0.15) is 0 Å². The molecule has 1 unspecified atom stereocenters. The highest BCUT2D eigenvalue weighted by atomic mass is 19.1. The molecule has 0 amide bonds. The molecule has 35 heavy (non-hydrogen) atoms. The second kappa shape index (κ2) is 9.76. The fourth-order valence-corrected chi connectivity index (χ4v) is 4.74. The monoisotopic (exact) mass is 474 g/mol. The Morgan fingerprint density at radius 1 is 1.06 bits per heavy atom. The molecule has 0 spiro atoms. The van der Waals surface area contributed by atoms with Crippen molar-refractivity contribution in [3.05, 3.63) is 112 Å². The van der Waals surface area contributed by atoms with Crippen molar-refractivity contribution in [3.8, 4) is 5.75 Å². The Labute approximate surface area is 202 Å². The molecule has 1 saturated heterocycles. The number of benzene rings is 1. The van der Waals surface area contributed by atoms with Gasteiger partial charge in [0, 0.05) is 38.1 Å². The number of rotatable bonds is 6. The zero-order valence-corrected chi connectivity index (χ0v) is 19.5. The van der Waals surface area contributed by atoms with E-state index in [0.717, 1.165) is 11.4 Å². The third kappa shape index (κ3) is 4.70. The largest absolute Gasteiger partial charge is 0.507 e. The van der Waals surface area contributed by atoms with Gasteiger partial charge in [0.25, 0.3) is 5.56 Å². The highest BCUT2D eigenvalue weighted by molar-refractivity contribution is 5.42. The molecule has 1 aliphatic rings. The zero-order valence-electron chi connectivity index (χ0n) is 19.5. The van der Waals surface area contributed by atoms with E-state index in [1.165, 1.54) is 12.1 Å². The van der Waals surface area contributed by atoms with Gasteiger partial charge in [-0.15, -0.1) is 0 Å². The molecule has 7 nitrogen and oxygen atoms in total. The molecular formula is C27H27FN4O3. The highest BCUT2D eigenvalue weighted by Gasteiger charge is 2.32. The fraction of sp³-hybridized carbons (Fsp3) is 0.259. The topological polar surface area (TPSA) is 74.7 Å². The van der Waals surface area contributed by atoms with Crippen LogP contribution in [0.5, 0.6) is 5.75 Å². The van der Waals surface area contributed by atoms with Crippen molar-refractivity contribution in [2.45, 2.75) is 19.5 Å². The van der Waals surface area contributed by atoms with Gasteiger partial charge < -0.3 is 19.0 Å². The van der Waals surface area contributed by atoms with Gasteiger partial charge in [-0.05, 0) is 55.0 Å². The molecule has 1 fully saturated rings. The molecule has 1 N–H and O–H groups in total. The van der Waals surface area contributed by atoms with Crippen LogP contribution in [0.3, 0.4) is 0 Å². The molecule has 3 aromatic heterocycles. The molecule has 1 aromatic carbocycles. The van der Waals surface area contributed by atoms with E-state index in [2.05, 4.69) is 14.8 Å². The molecule has 0 aliphatic carbocycles. The van der Waals surface area contributed by atoms with Gasteiger partial charge in [-0.1, -0.05) is 18.2 Å². The van der Waals surface area contributed by atoms with Gasteiger partial charge in [-0.3, -0.25) is 9.69 Å². The van der Waals surface area contributed by atoms with Crippen LogP contribution in [0.4, 0.5) is 10.2 Å². The number of aryl methyl sites for hydroxylation is 1. The normalized spacial score (nSPS) is 15.3. The minimum Gasteiger partial charge on any atom is -0.507 e. The summed E-state index contributed by atoms with van der Waals surface area (Å²) in [5, 5.41) is 11.0. The Balaban J connectivity index is 1.53. The number of hydrogen-bond donors (Lipinski definition) is 1. The van der Waals surface area contributed by atoms with E-state index in [9.17, 15) is 14.3 Å². The first-order chi connectivity index (χ1) is 17.0. The number of anilines is 1. The SMILES string of the molecule is Cc1cc(O)c(C(c2ccc(F)cc2)N2CCN(c3ccccn3)CC2)c(=O)n1Cc1ccco1. The average Bonchev–Trinajstić information content (AvgIpc) is 3.39. The molecule has 180 valence electrons. The predicted octanol–water partition coefficient (Wildman–Crippen LogP) is 3.95. The maximum atomic E-state index is 13.8. The predicted molar refractivity (Wildman–Crippen MR) is 131 cm³/mol. The van der Waals surface area contributed by atoms with Crippen molar-refractivity contribution < 1.29 is 13.9 Å². The fourth-order valence-electron chi connectivity index (χ4n) is 4.74. The molecule has 4 heterocycles. The van der Waals surface area contributed by atoms with E-state index in [-0.39, 0.29) is 29.2 Å². The van der Waals surface area contributed by atoms with E-state index in [1.54, 1.807) is 48.2 Å². The van der Waals surface area contributed by atoms with E-state index in [0.29, 0.717) is 37.6 Å². The number of halogens is 1. The van der Waals surface area contributed by atoms with Crippen molar-refractivity contribution >= 4 is 5.82 Å². The smallest absolute Gasteiger partial charge is 0.260 e. The van der Waals surface area contributed by atoms with Crippen LogP contribution in [0, 0.1) is 12.7 Å². The van der Waals surface area contributed by atoms with Crippen molar-refractivity contribution in [2.24, 2.45) is 0 Å². The summed E-state index contributed by atoms with van der Waals surface area (Å²) in [4.78, 5) is 22.6. The molecule has 8 heteroatoms. The number of piperazine rings is 1. The number of pyridine rings is 2. The standard InChI is InChI=1S/C27H27FN4O3/c1-19-17-23(33)25(27(34)32(19)18-22-5-4-16-35-22)26(20-7-9-21(28)10-8-20)31-14-12-30(13-15-31)24-6-2-3-11-29-24/h2-11,16-17,26,33H,12-15,18H2,1H3. The van der Waals surface area contributed by atoms with Crippen LogP contribution in [0.2, 0.25) is 0 Å². The Bertz CT molecular complexity index is 1330. The second-order valence-electron chi connectivity index (χ2n) is 8.72. The number of furan rings is 1. The van der Waals surface area contributed by atoms with Crippen LogP contribution in [0.25, 0.3) is 0 Å². The first-order valence-electron chi connectivity index (χ1n) is 11.6. The Morgan fingerprint density at radius 2 is 1.83 bits per heavy atom. The third-order valence-electron chi connectivity index (χ3n) is 6.53. The summed E-state index contributed by atoms with van der Waals surface area (Å²) in [6, 6.07) is 16.6. The molecular weight excluding hydrogens is 447 g/mol. The summed E-state index contributed by atoms with van der Waals surface area (Å²) in [5.41, 5.74) is 1.37. The van der Waals surface area contributed by atoms with Crippen LogP contribution in [0.15, 0.2) is 82.3 Å². The molecule has 1 atom stereocenters. The third-order valence-corrected chi connectivity index (χ3v) is 6.53. The summed E-state index contributed by atoms with van der Waals surface area (Å²) >= 11 is 0. The van der Waals surface area contributed by atoms with Crippen molar-refractivity contribution in [2.75, 3.05) is 31.1 Å². The van der Waals surface area contributed by atoms with Crippen LogP contribution in [0.1, 0.15) is 28.6 Å². The van der Waals surface area contributed by atoms with Crippen LogP contribution in [-0.4, -0.2) is 45.7 Å². The molecule has 1 aliphatic heterocycles. The molecule has 4 aromatic rings. The lowest BCUT2D eigenvalue weighted by Crippen LogP contribution is -2.49.